The summed E-state index contributed by atoms with van der Waals surface area (Å²) < 4.78 is 5.76. The number of anilines is 1. The quantitative estimate of drug-likeness (QED) is 0.0495. The largest absolute Gasteiger partial charge is 0.506 e. The van der Waals surface area contributed by atoms with Crippen molar-refractivity contribution in [1.29, 1.82) is 0 Å². The Bertz CT molecular complexity index is 2540. The number of benzene rings is 5. The number of para-hydroxylation sites is 1. The summed E-state index contributed by atoms with van der Waals surface area (Å²) in [6.07, 6.45) is 1.20. The van der Waals surface area contributed by atoms with Crippen molar-refractivity contribution in [2.24, 2.45) is 0 Å². The first kappa shape index (κ1) is 44.3. The van der Waals surface area contributed by atoms with E-state index >= 15 is 0 Å². The van der Waals surface area contributed by atoms with Crippen molar-refractivity contribution in [2.45, 2.75) is 63.9 Å². The molecule has 13 nitrogen and oxygen atoms in total. The summed E-state index contributed by atoms with van der Waals surface area (Å²) in [6.45, 7) is 3.71. The SMILES string of the molecule is O=C(CCc1cccc(CNC[C@H](O)c2ccc(O)c3[nH]c(=O)ccc23)c1)NCc1ccc(CNC(=O)CCN2CCC(OC(=O)Nc3ccccc3-c3ccccc3)CC2)cc1. The number of aliphatic hydroxyl groups is 1. The molecule has 1 aromatic heterocycles. The number of aromatic hydroxyl groups is 1. The van der Waals surface area contributed by atoms with E-state index in [1.165, 1.54) is 12.1 Å². The number of rotatable bonds is 18. The van der Waals surface area contributed by atoms with Crippen molar-refractivity contribution in [3.05, 3.63) is 166 Å². The van der Waals surface area contributed by atoms with Gasteiger partial charge in [-0.1, -0.05) is 103 Å². The molecule has 1 aliphatic heterocycles. The van der Waals surface area contributed by atoms with Gasteiger partial charge in [-0.25, -0.2) is 4.79 Å². The Hall–Kier alpha value is -6.80. The van der Waals surface area contributed by atoms with Crippen LogP contribution in [-0.2, 0) is 40.4 Å². The molecule has 5 aromatic carbocycles. The van der Waals surface area contributed by atoms with Crippen LogP contribution >= 0.6 is 0 Å². The van der Waals surface area contributed by atoms with E-state index in [-0.39, 0.29) is 35.8 Å². The molecule has 63 heavy (non-hydrogen) atoms. The van der Waals surface area contributed by atoms with Crippen molar-refractivity contribution >= 4 is 34.5 Å². The number of pyridine rings is 1. The number of fused-ring (bicyclic) bond motifs is 1. The lowest BCUT2D eigenvalue weighted by molar-refractivity contribution is -0.122. The zero-order valence-corrected chi connectivity index (χ0v) is 35.1. The molecule has 0 unspecified atom stereocenters. The second-order valence-corrected chi connectivity index (χ2v) is 15.9. The maximum absolute atomic E-state index is 12.8. The summed E-state index contributed by atoms with van der Waals surface area (Å²) in [6, 6.07) is 39.4. The third-order valence-electron chi connectivity index (χ3n) is 11.3. The van der Waals surface area contributed by atoms with Gasteiger partial charge in [-0.2, -0.15) is 0 Å². The van der Waals surface area contributed by atoms with Gasteiger partial charge in [0.1, 0.15) is 11.9 Å². The summed E-state index contributed by atoms with van der Waals surface area (Å²) in [7, 11) is 0. The van der Waals surface area contributed by atoms with Crippen LogP contribution < -0.4 is 26.8 Å². The summed E-state index contributed by atoms with van der Waals surface area (Å²) >= 11 is 0. The standard InChI is InChI=1S/C50H54N6O7/c57-44-20-18-41(42-19-22-48(61)55-49(42)44)45(58)33-51-30-37-8-6-7-34(29-37)17-21-46(59)52-31-35-13-15-36(16-14-35)32-53-47(60)25-28-56-26-23-39(24-27-56)63-50(62)54-43-12-5-4-11-40(43)38-9-2-1-3-10-38/h1-16,18-20,22,29,39,45,51,57-58H,17,21,23-28,30-33H2,(H,52,59)(H,53,60)(H,54,62)(H,55,61)/t45-/m0/s1. The highest BCUT2D eigenvalue weighted by atomic mass is 16.6. The fraction of sp³-hybridized carbons (Fsp3) is 0.280. The molecule has 7 rings (SSSR count). The van der Waals surface area contributed by atoms with Crippen LogP contribution in [0.15, 0.2) is 132 Å². The first-order chi connectivity index (χ1) is 30.7. The fourth-order valence-corrected chi connectivity index (χ4v) is 7.78. The van der Waals surface area contributed by atoms with Gasteiger partial charge in [0.15, 0.2) is 0 Å². The topological polar surface area (TPSA) is 185 Å². The number of H-pyrrole nitrogens is 1. The molecule has 0 aliphatic carbocycles. The Balaban J connectivity index is 0.747. The molecule has 13 heteroatoms. The van der Waals surface area contributed by atoms with Gasteiger partial charge in [0.05, 0.1) is 17.3 Å². The predicted octanol–water partition coefficient (Wildman–Crippen LogP) is 6.69. The number of aromatic amines is 1. The van der Waals surface area contributed by atoms with E-state index in [1.807, 2.05) is 103 Å². The number of hydrogen-bond donors (Lipinski definition) is 7. The number of carbonyl (C=O) groups excluding carboxylic acids is 3. The number of phenols is 1. The van der Waals surface area contributed by atoms with E-state index in [2.05, 4.69) is 31.2 Å². The number of aliphatic hydroxyl groups excluding tert-OH is 1. The molecular formula is C50H54N6O7. The third-order valence-corrected chi connectivity index (χ3v) is 11.3. The molecule has 0 spiro atoms. The normalized spacial score (nSPS) is 13.6. The van der Waals surface area contributed by atoms with Gasteiger partial charge in [-0.3, -0.25) is 19.7 Å². The molecule has 3 amide bonds. The van der Waals surface area contributed by atoms with Crippen LogP contribution in [0.3, 0.4) is 0 Å². The number of aromatic nitrogens is 1. The minimum absolute atomic E-state index is 0.0263. The first-order valence-electron chi connectivity index (χ1n) is 21.4. The van der Waals surface area contributed by atoms with Crippen molar-refractivity contribution in [3.8, 4) is 16.9 Å². The summed E-state index contributed by atoms with van der Waals surface area (Å²) in [5.41, 5.74) is 7.19. The molecule has 0 bridgehead atoms. The fourth-order valence-electron chi connectivity index (χ4n) is 7.78. The lowest BCUT2D eigenvalue weighted by atomic mass is 10.0. The highest BCUT2D eigenvalue weighted by Gasteiger charge is 2.23. The van der Waals surface area contributed by atoms with Crippen LogP contribution in [0.1, 0.15) is 59.6 Å². The van der Waals surface area contributed by atoms with Gasteiger partial charge in [0.25, 0.3) is 0 Å². The maximum Gasteiger partial charge on any atom is 0.411 e. The second-order valence-electron chi connectivity index (χ2n) is 15.9. The molecule has 1 atom stereocenters. The molecule has 1 saturated heterocycles. The van der Waals surface area contributed by atoms with E-state index < -0.39 is 12.2 Å². The average Bonchev–Trinajstić information content (AvgIpc) is 3.30. The Morgan fingerprint density at radius 1 is 0.730 bits per heavy atom. The number of ether oxygens (including phenoxy) is 1. The number of carbonyl (C=O) groups is 3. The number of hydrogen-bond acceptors (Lipinski definition) is 9. The van der Waals surface area contributed by atoms with Crippen LogP contribution in [0.4, 0.5) is 10.5 Å². The Morgan fingerprint density at radius 2 is 1.41 bits per heavy atom. The van der Waals surface area contributed by atoms with Crippen molar-refractivity contribution in [1.82, 2.24) is 25.8 Å². The third kappa shape index (κ3) is 12.9. The minimum atomic E-state index is -0.860. The molecule has 326 valence electrons. The Labute approximate surface area is 366 Å². The summed E-state index contributed by atoms with van der Waals surface area (Å²) in [5.74, 6) is -0.133. The van der Waals surface area contributed by atoms with Gasteiger partial charge >= 0.3 is 6.09 Å². The smallest absolute Gasteiger partial charge is 0.411 e. The van der Waals surface area contributed by atoms with E-state index in [9.17, 15) is 29.4 Å². The molecule has 1 aliphatic rings. The van der Waals surface area contributed by atoms with Crippen LogP contribution in [0.2, 0.25) is 0 Å². The number of nitrogens with zero attached hydrogens (tertiary/aromatic N) is 1. The molecular weight excluding hydrogens is 797 g/mol. The van der Waals surface area contributed by atoms with Gasteiger partial charge < -0.3 is 40.8 Å². The van der Waals surface area contributed by atoms with Gasteiger partial charge in [-0.15, -0.1) is 0 Å². The Morgan fingerprint density at radius 3 is 2.16 bits per heavy atom. The number of piperidine rings is 1. The van der Waals surface area contributed by atoms with E-state index in [1.54, 1.807) is 12.1 Å². The van der Waals surface area contributed by atoms with E-state index in [0.29, 0.717) is 80.4 Å². The summed E-state index contributed by atoms with van der Waals surface area (Å²) in [5, 5.41) is 33.8. The van der Waals surface area contributed by atoms with Crippen LogP contribution in [-0.4, -0.2) is 70.3 Å². The maximum atomic E-state index is 12.8. The monoisotopic (exact) mass is 850 g/mol. The lowest BCUT2D eigenvalue weighted by Crippen LogP contribution is -2.40. The zero-order valence-electron chi connectivity index (χ0n) is 35.1. The van der Waals surface area contributed by atoms with Crippen molar-refractivity contribution in [2.75, 3.05) is 31.5 Å². The first-order valence-corrected chi connectivity index (χ1v) is 21.4. The average molecular weight is 851 g/mol. The van der Waals surface area contributed by atoms with Gasteiger partial charge in [0, 0.05) is 75.7 Å². The van der Waals surface area contributed by atoms with Crippen LogP contribution in [0.25, 0.3) is 22.0 Å². The molecule has 2 heterocycles. The number of aryl methyl sites for hydroxylation is 1. The zero-order chi connectivity index (χ0) is 44.0. The Kier molecular flexibility index (Phi) is 15.3. The van der Waals surface area contributed by atoms with Crippen molar-refractivity contribution < 1.29 is 29.3 Å². The second kappa shape index (κ2) is 21.8. The van der Waals surface area contributed by atoms with E-state index in [4.69, 9.17) is 4.74 Å². The summed E-state index contributed by atoms with van der Waals surface area (Å²) in [4.78, 5) is 54.7. The van der Waals surface area contributed by atoms with Crippen LogP contribution in [0, 0.1) is 0 Å². The predicted molar refractivity (Wildman–Crippen MR) is 244 cm³/mol. The van der Waals surface area contributed by atoms with Crippen LogP contribution in [0.5, 0.6) is 5.75 Å². The number of amides is 3. The number of likely N-dealkylation sites (tertiary alicyclic amines) is 1. The van der Waals surface area contributed by atoms with Gasteiger partial charge in [0.2, 0.25) is 17.4 Å². The lowest BCUT2D eigenvalue weighted by Gasteiger charge is -2.31. The molecule has 7 N–H and O–H groups in total. The van der Waals surface area contributed by atoms with Gasteiger partial charge in [-0.05, 0) is 70.8 Å². The molecule has 0 radical (unpaired) electrons. The molecule has 0 saturated carbocycles. The van der Waals surface area contributed by atoms with E-state index in [0.717, 1.165) is 46.5 Å². The highest BCUT2D eigenvalue weighted by Crippen LogP contribution is 2.29. The number of phenolic OH excluding ortho intramolecular Hbond substituents is 1. The highest BCUT2D eigenvalue weighted by molar-refractivity contribution is 5.91. The molecule has 6 aromatic rings. The minimum Gasteiger partial charge on any atom is -0.506 e. The molecule has 1 fully saturated rings. The number of nitrogens with one attached hydrogen (secondary N) is 5. The van der Waals surface area contributed by atoms with Crippen molar-refractivity contribution in [3.63, 3.8) is 0 Å².